The van der Waals surface area contributed by atoms with Crippen molar-refractivity contribution >= 4 is 21.5 Å². The van der Waals surface area contributed by atoms with Crippen LogP contribution >= 0.6 is 0 Å². The molecule has 1 amide bonds. The molecule has 0 aromatic heterocycles. The maximum absolute atomic E-state index is 14.7. The molecular formula is C30H29F8NO4S. The molecule has 240 valence electrons. The van der Waals surface area contributed by atoms with E-state index in [9.17, 15) is 53.1 Å². The average Bonchev–Trinajstić information content (AvgIpc) is 3.53. The van der Waals surface area contributed by atoms with Gasteiger partial charge in [-0.1, -0.05) is 30.7 Å². The van der Waals surface area contributed by atoms with Gasteiger partial charge in [-0.05, 0) is 75.3 Å². The van der Waals surface area contributed by atoms with Gasteiger partial charge in [0.1, 0.15) is 16.3 Å². The number of alkyl halides is 7. The van der Waals surface area contributed by atoms with E-state index in [4.69, 9.17) is 0 Å². The minimum atomic E-state index is -6.36. The van der Waals surface area contributed by atoms with Crippen molar-refractivity contribution in [1.82, 2.24) is 4.90 Å². The van der Waals surface area contributed by atoms with Crippen molar-refractivity contribution in [1.29, 1.82) is 0 Å². The highest BCUT2D eigenvalue weighted by molar-refractivity contribution is 7.92. The number of halogens is 8. The molecule has 44 heavy (non-hydrogen) atoms. The van der Waals surface area contributed by atoms with Crippen molar-refractivity contribution < 1.29 is 53.1 Å². The zero-order chi connectivity index (χ0) is 32.6. The summed E-state index contributed by atoms with van der Waals surface area (Å²) in [5, 5.41) is 0. The van der Waals surface area contributed by atoms with Crippen LogP contribution in [0.15, 0.2) is 53.4 Å². The van der Waals surface area contributed by atoms with Crippen LogP contribution in [0.3, 0.4) is 0 Å². The second-order valence-corrected chi connectivity index (χ2v) is 14.6. The van der Waals surface area contributed by atoms with Crippen LogP contribution in [-0.4, -0.2) is 50.5 Å². The largest absolute Gasteiger partial charge is 0.435 e. The molecule has 0 spiro atoms. The number of hydrogen-bond donors (Lipinski definition) is 0. The Bertz CT molecular complexity index is 1560. The fourth-order valence-corrected chi connectivity index (χ4v) is 9.57. The standard InChI is InChI=1S/C30H29F8NO4S/c1-19(40)25-11-2-12-26(17-25,14-13-25)24(41)39-16-15-27(18-39,44(42,43)23-9-7-22(31)8-10-23)20-3-5-21(6-4-20)28(32,29(33,34)35)30(36,37)38/h3-10H,2,11-18H2,1H3. The number of rotatable bonds is 6. The Labute approximate surface area is 248 Å². The molecule has 3 fully saturated rings. The monoisotopic (exact) mass is 651 g/mol. The fourth-order valence-electron chi connectivity index (χ4n) is 7.49. The number of likely N-dealkylation sites (tertiary alicyclic amines) is 1. The molecule has 1 heterocycles. The molecule has 2 aromatic rings. The number of benzene rings is 2. The second-order valence-electron chi connectivity index (χ2n) is 12.3. The van der Waals surface area contributed by atoms with Gasteiger partial charge in [-0.15, -0.1) is 0 Å². The molecule has 0 radical (unpaired) electrons. The predicted octanol–water partition coefficient (Wildman–Crippen LogP) is 6.95. The smallest absolute Gasteiger partial charge is 0.340 e. The Kier molecular flexibility index (Phi) is 7.54. The number of fused-ring (bicyclic) bond motifs is 2. The van der Waals surface area contributed by atoms with Crippen LogP contribution in [0.1, 0.15) is 63.0 Å². The number of nitrogens with zero attached hydrogens (tertiary/aromatic N) is 1. The van der Waals surface area contributed by atoms with Gasteiger partial charge in [-0.3, -0.25) is 9.59 Å². The molecule has 2 bridgehead atoms. The molecule has 3 unspecified atom stereocenters. The first-order valence-corrected chi connectivity index (χ1v) is 15.5. The number of carbonyl (C=O) groups is 2. The van der Waals surface area contributed by atoms with E-state index < -0.39 is 61.4 Å². The Morgan fingerprint density at radius 1 is 0.773 bits per heavy atom. The van der Waals surface area contributed by atoms with Crippen LogP contribution < -0.4 is 0 Å². The fraction of sp³-hybridized carbons (Fsp3) is 0.533. The normalized spacial score (nSPS) is 27.9. The van der Waals surface area contributed by atoms with Gasteiger partial charge in [0.05, 0.1) is 10.3 Å². The molecule has 2 aliphatic carbocycles. The molecule has 14 heteroatoms. The maximum atomic E-state index is 14.7. The molecular weight excluding hydrogens is 622 g/mol. The number of carbonyl (C=O) groups excluding carboxylic acids is 2. The lowest BCUT2D eigenvalue weighted by molar-refractivity contribution is -0.348. The van der Waals surface area contributed by atoms with Crippen LogP contribution in [0, 0.1) is 16.6 Å². The maximum Gasteiger partial charge on any atom is 0.435 e. The summed E-state index contributed by atoms with van der Waals surface area (Å²) in [6.45, 7) is 0.863. The summed E-state index contributed by atoms with van der Waals surface area (Å²) in [5.74, 6) is -1.15. The molecule has 0 N–H and O–H groups in total. The minimum absolute atomic E-state index is 0.0247. The number of sulfone groups is 1. The molecule has 2 saturated carbocycles. The zero-order valence-corrected chi connectivity index (χ0v) is 24.3. The summed E-state index contributed by atoms with van der Waals surface area (Å²) in [5.41, 5.74) is -9.30. The van der Waals surface area contributed by atoms with E-state index >= 15 is 0 Å². The quantitative estimate of drug-likeness (QED) is 0.251. The van der Waals surface area contributed by atoms with Crippen molar-refractivity contribution in [3.05, 3.63) is 65.5 Å². The van der Waals surface area contributed by atoms with Crippen molar-refractivity contribution in [2.75, 3.05) is 13.1 Å². The Balaban J connectivity index is 1.57. The second kappa shape index (κ2) is 10.2. The lowest BCUT2D eigenvalue weighted by Gasteiger charge is -2.39. The summed E-state index contributed by atoms with van der Waals surface area (Å²) in [6, 6.07) is 5.61. The SMILES string of the molecule is CC(=O)C12CCCC(C(=O)N3CCC(c4ccc(C(F)(C(F)(F)F)C(F)(F)F)cc4)(S(=O)(=O)c4ccc(F)cc4)C3)(CC1)C2. The summed E-state index contributed by atoms with van der Waals surface area (Å²) in [7, 11) is -4.57. The van der Waals surface area contributed by atoms with E-state index in [-0.39, 0.29) is 47.2 Å². The van der Waals surface area contributed by atoms with E-state index in [1.807, 2.05) is 0 Å². The van der Waals surface area contributed by atoms with Crippen LogP contribution in [-0.2, 0) is 29.8 Å². The van der Waals surface area contributed by atoms with Gasteiger partial charge in [0.2, 0.25) is 5.91 Å². The third-order valence-electron chi connectivity index (χ3n) is 10.0. The molecule has 1 saturated heterocycles. The summed E-state index contributed by atoms with van der Waals surface area (Å²) in [4.78, 5) is 27.5. The molecule has 5 nitrogen and oxygen atoms in total. The summed E-state index contributed by atoms with van der Waals surface area (Å²) in [6.07, 6.45) is -10.0. The predicted molar refractivity (Wildman–Crippen MR) is 141 cm³/mol. The molecule has 5 rings (SSSR count). The van der Waals surface area contributed by atoms with Gasteiger partial charge in [-0.2, -0.15) is 26.3 Å². The van der Waals surface area contributed by atoms with Gasteiger partial charge in [0.25, 0.3) is 0 Å². The topological polar surface area (TPSA) is 71.5 Å². The highest BCUT2D eigenvalue weighted by atomic mass is 32.2. The number of hydrogen-bond acceptors (Lipinski definition) is 4. The first kappa shape index (κ1) is 32.4. The number of Topliss-reactive ketones (excluding diaryl/α,β-unsaturated/α-hetero) is 1. The molecule has 3 aliphatic rings. The zero-order valence-electron chi connectivity index (χ0n) is 23.5. The van der Waals surface area contributed by atoms with Crippen LogP contribution in [0.4, 0.5) is 35.1 Å². The van der Waals surface area contributed by atoms with Crippen molar-refractivity contribution in [3.8, 4) is 0 Å². The minimum Gasteiger partial charge on any atom is -0.340 e. The van der Waals surface area contributed by atoms with Crippen LogP contribution in [0.2, 0.25) is 0 Å². The first-order valence-electron chi connectivity index (χ1n) is 14.0. The van der Waals surface area contributed by atoms with Crippen molar-refractivity contribution in [2.24, 2.45) is 10.8 Å². The van der Waals surface area contributed by atoms with Crippen LogP contribution in [0.25, 0.3) is 0 Å². The Morgan fingerprint density at radius 2 is 1.32 bits per heavy atom. The van der Waals surface area contributed by atoms with Crippen molar-refractivity contribution in [3.63, 3.8) is 0 Å². The Hall–Kier alpha value is -3.03. The highest BCUT2D eigenvalue weighted by Crippen LogP contribution is 2.60. The van der Waals surface area contributed by atoms with Crippen molar-refractivity contribution in [2.45, 2.75) is 79.5 Å². The first-order chi connectivity index (χ1) is 20.2. The van der Waals surface area contributed by atoms with Crippen LogP contribution in [0.5, 0.6) is 0 Å². The number of ketones is 1. The van der Waals surface area contributed by atoms with E-state index in [0.717, 1.165) is 24.3 Å². The van der Waals surface area contributed by atoms with Gasteiger partial charge in [-0.25, -0.2) is 17.2 Å². The van der Waals surface area contributed by atoms with E-state index in [0.29, 0.717) is 50.7 Å². The Morgan fingerprint density at radius 3 is 1.86 bits per heavy atom. The highest BCUT2D eigenvalue weighted by Gasteiger charge is 2.73. The molecule has 1 aliphatic heterocycles. The molecule has 2 aromatic carbocycles. The average molecular weight is 652 g/mol. The van der Waals surface area contributed by atoms with E-state index in [2.05, 4.69) is 0 Å². The van der Waals surface area contributed by atoms with E-state index in [1.165, 1.54) is 11.8 Å². The van der Waals surface area contributed by atoms with Gasteiger partial charge >= 0.3 is 18.0 Å². The summed E-state index contributed by atoms with van der Waals surface area (Å²) >= 11 is 0. The third-order valence-corrected chi connectivity index (χ3v) is 12.5. The van der Waals surface area contributed by atoms with Gasteiger partial charge in [0.15, 0.2) is 9.84 Å². The number of amides is 1. The summed E-state index contributed by atoms with van der Waals surface area (Å²) < 4.78 is 135. The molecule has 3 atom stereocenters. The van der Waals surface area contributed by atoms with Gasteiger partial charge in [0, 0.05) is 24.1 Å². The van der Waals surface area contributed by atoms with Gasteiger partial charge < -0.3 is 4.90 Å². The lowest BCUT2D eigenvalue weighted by Crippen LogP contribution is -2.50. The van der Waals surface area contributed by atoms with E-state index in [1.54, 1.807) is 0 Å². The lowest BCUT2D eigenvalue weighted by atomic mass is 9.67. The third kappa shape index (κ3) is 4.65.